The lowest BCUT2D eigenvalue weighted by molar-refractivity contribution is -0.121. The number of ether oxygens (including phenoxy) is 1. The van der Waals surface area contributed by atoms with Gasteiger partial charge in [-0.1, -0.05) is 25.1 Å². The largest absolute Gasteiger partial charge is 0.497 e. The summed E-state index contributed by atoms with van der Waals surface area (Å²) in [7, 11) is -2.36. The van der Waals surface area contributed by atoms with Crippen molar-refractivity contribution in [1.29, 1.82) is 0 Å². The Morgan fingerprint density at radius 1 is 1.07 bits per heavy atom. The Balaban J connectivity index is 2.40. The van der Waals surface area contributed by atoms with Crippen LogP contribution in [0, 0.1) is 0 Å². The van der Waals surface area contributed by atoms with Gasteiger partial charge in [0.25, 0.3) is 10.0 Å². The van der Waals surface area contributed by atoms with Crippen LogP contribution in [0.25, 0.3) is 0 Å². The van der Waals surface area contributed by atoms with Crippen LogP contribution >= 0.6 is 0 Å². The van der Waals surface area contributed by atoms with Gasteiger partial charge in [-0.2, -0.15) is 0 Å². The zero-order chi connectivity index (χ0) is 20.1. The summed E-state index contributed by atoms with van der Waals surface area (Å²) >= 11 is 0. The molecular weight excluding hydrogens is 364 g/mol. The lowest BCUT2D eigenvalue weighted by Crippen LogP contribution is -2.48. The van der Waals surface area contributed by atoms with Gasteiger partial charge in [-0.05, 0) is 56.7 Å². The third-order valence-electron chi connectivity index (χ3n) is 4.34. The molecule has 0 aliphatic heterocycles. The summed E-state index contributed by atoms with van der Waals surface area (Å²) in [5.74, 6) is 0.240. The van der Waals surface area contributed by atoms with Crippen molar-refractivity contribution in [2.75, 3.05) is 18.0 Å². The third-order valence-corrected chi connectivity index (χ3v) is 6.13. The van der Waals surface area contributed by atoms with E-state index in [0.717, 1.165) is 10.7 Å². The summed E-state index contributed by atoms with van der Waals surface area (Å²) in [6, 6.07) is 14.6. The van der Waals surface area contributed by atoms with E-state index in [4.69, 9.17) is 4.74 Å². The monoisotopic (exact) mass is 390 g/mol. The minimum Gasteiger partial charge on any atom is -0.497 e. The predicted octanol–water partition coefficient (Wildman–Crippen LogP) is 3.20. The van der Waals surface area contributed by atoms with Gasteiger partial charge in [-0.3, -0.25) is 9.10 Å². The smallest absolute Gasteiger partial charge is 0.264 e. The number of sulfonamides is 1. The number of nitrogens with zero attached hydrogens (tertiary/aromatic N) is 1. The average molecular weight is 391 g/mol. The highest BCUT2D eigenvalue weighted by atomic mass is 32.2. The quantitative estimate of drug-likeness (QED) is 0.751. The van der Waals surface area contributed by atoms with Gasteiger partial charge in [0.15, 0.2) is 0 Å². The van der Waals surface area contributed by atoms with Crippen LogP contribution in [0.1, 0.15) is 27.2 Å². The van der Waals surface area contributed by atoms with E-state index >= 15 is 0 Å². The second-order valence-corrected chi connectivity index (χ2v) is 8.67. The van der Waals surface area contributed by atoms with E-state index in [2.05, 4.69) is 5.32 Å². The molecule has 2 rings (SSSR count). The summed E-state index contributed by atoms with van der Waals surface area (Å²) < 4.78 is 32.6. The molecule has 1 amide bonds. The van der Waals surface area contributed by atoms with Gasteiger partial charge in [0, 0.05) is 5.54 Å². The van der Waals surface area contributed by atoms with Gasteiger partial charge in [0.05, 0.1) is 17.7 Å². The lowest BCUT2D eigenvalue weighted by Gasteiger charge is -2.28. The molecule has 0 saturated carbocycles. The van der Waals surface area contributed by atoms with Crippen LogP contribution in [0.5, 0.6) is 5.75 Å². The van der Waals surface area contributed by atoms with E-state index in [9.17, 15) is 13.2 Å². The predicted molar refractivity (Wildman–Crippen MR) is 106 cm³/mol. The minimum atomic E-state index is -3.90. The molecule has 27 heavy (non-hydrogen) atoms. The summed E-state index contributed by atoms with van der Waals surface area (Å²) in [6.45, 7) is 5.44. The first-order valence-corrected chi connectivity index (χ1v) is 10.2. The molecule has 0 fully saturated rings. The van der Waals surface area contributed by atoms with Crippen molar-refractivity contribution in [2.45, 2.75) is 37.6 Å². The van der Waals surface area contributed by atoms with E-state index in [1.807, 2.05) is 20.8 Å². The number of amides is 1. The maximum atomic E-state index is 13.2. The first-order valence-electron chi connectivity index (χ1n) is 8.72. The van der Waals surface area contributed by atoms with Crippen molar-refractivity contribution < 1.29 is 17.9 Å². The molecule has 0 heterocycles. The highest BCUT2D eigenvalue weighted by Crippen LogP contribution is 2.25. The highest BCUT2D eigenvalue weighted by Gasteiger charge is 2.28. The van der Waals surface area contributed by atoms with Crippen LogP contribution in [0.15, 0.2) is 59.5 Å². The number of rotatable bonds is 8. The molecule has 0 bridgehead atoms. The number of carbonyl (C=O) groups is 1. The number of benzene rings is 2. The second kappa shape index (κ2) is 8.43. The van der Waals surface area contributed by atoms with E-state index in [-0.39, 0.29) is 17.3 Å². The Kier molecular flexibility index (Phi) is 6.49. The number of anilines is 1. The molecular formula is C20H26N2O4S. The summed E-state index contributed by atoms with van der Waals surface area (Å²) in [5.41, 5.74) is -0.0248. The van der Waals surface area contributed by atoms with Crippen molar-refractivity contribution >= 4 is 21.6 Å². The molecule has 7 heteroatoms. The fraction of sp³-hybridized carbons (Fsp3) is 0.350. The Labute approximate surface area is 161 Å². The number of carbonyl (C=O) groups excluding carboxylic acids is 1. The molecule has 0 aliphatic carbocycles. The zero-order valence-corrected chi connectivity index (χ0v) is 16.9. The number of methoxy groups -OCH3 is 1. The van der Waals surface area contributed by atoms with Crippen LogP contribution in [-0.2, 0) is 14.8 Å². The number of nitrogens with one attached hydrogen (secondary N) is 1. The summed E-state index contributed by atoms with van der Waals surface area (Å²) in [5, 5.41) is 2.88. The second-order valence-electron chi connectivity index (χ2n) is 6.81. The molecule has 1 N–H and O–H groups in total. The molecule has 0 spiro atoms. The molecule has 6 nitrogen and oxygen atoms in total. The molecule has 2 aromatic carbocycles. The van der Waals surface area contributed by atoms with Crippen molar-refractivity contribution in [2.24, 2.45) is 0 Å². The van der Waals surface area contributed by atoms with E-state index in [1.54, 1.807) is 42.5 Å². The third kappa shape index (κ3) is 5.23. The maximum Gasteiger partial charge on any atom is 0.264 e. The van der Waals surface area contributed by atoms with Crippen molar-refractivity contribution in [3.8, 4) is 5.75 Å². The molecule has 146 valence electrons. The minimum absolute atomic E-state index is 0.128. The van der Waals surface area contributed by atoms with Crippen molar-refractivity contribution in [3.05, 3.63) is 54.6 Å². The van der Waals surface area contributed by atoms with Gasteiger partial charge < -0.3 is 10.1 Å². The fourth-order valence-corrected chi connectivity index (χ4v) is 3.86. The van der Waals surface area contributed by atoms with Crippen molar-refractivity contribution in [3.63, 3.8) is 0 Å². The average Bonchev–Trinajstić information content (AvgIpc) is 2.66. The Morgan fingerprint density at radius 3 is 2.19 bits per heavy atom. The van der Waals surface area contributed by atoms with Crippen LogP contribution in [-0.4, -0.2) is 33.5 Å². The summed E-state index contributed by atoms with van der Waals surface area (Å²) in [6.07, 6.45) is 0.729. The molecule has 0 atom stereocenters. The van der Waals surface area contributed by atoms with E-state index in [1.165, 1.54) is 19.2 Å². The molecule has 0 unspecified atom stereocenters. The standard InChI is InChI=1S/C20H26N2O4S/c1-5-20(2,3)21-19(23)15-22(16-11-13-17(26-4)14-12-16)27(24,25)18-9-7-6-8-10-18/h6-14H,5,15H2,1-4H3,(H,21,23). The highest BCUT2D eigenvalue weighted by molar-refractivity contribution is 7.92. The first-order chi connectivity index (χ1) is 12.7. The van der Waals surface area contributed by atoms with Gasteiger partial charge in [0.2, 0.25) is 5.91 Å². The van der Waals surface area contributed by atoms with Gasteiger partial charge >= 0.3 is 0 Å². The van der Waals surface area contributed by atoms with Crippen LogP contribution in [0.4, 0.5) is 5.69 Å². The molecule has 0 aromatic heterocycles. The van der Waals surface area contributed by atoms with Crippen molar-refractivity contribution in [1.82, 2.24) is 5.32 Å². The Bertz CT molecular complexity index is 863. The normalized spacial score (nSPS) is 11.7. The Morgan fingerprint density at radius 2 is 1.67 bits per heavy atom. The lowest BCUT2D eigenvalue weighted by atomic mass is 10.0. The first kappa shape index (κ1) is 20.8. The Hall–Kier alpha value is -2.54. The molecule has 2 aromatic rings. The van der Waals surface area contributed by atoms with E-state index in [0.29, 0.717) is 11.4 Å². The number of hydrogen-bond acceptors (Lipinski definition) is 4. The van der Waals surface area contributed by atoms with Gasteiger partial charge in [0.1, 0.15) is 12.3 Å². The SMILES string of the molecule is CCC(C)(C)NC(=O)CN(c1ccc(OC)cc1)S(=O)(=O)c1ccccc1. The van der Waals surface area contributed by atoms with Crippen LogP contribution in [0.3, 0.4) is 0 Å². The topological polar surface area (TPSA) is 75.7 Å². The number of hydrogen-bond donors (Lipinski definition) is 1. The maximum absolute atomic E-state index is 13.2. The van der Waals surface area contributed by atoms with Gasteiger partial charge in [-0.15, -0.1) is 0 Å². The fourth-order valence-electron chi connectivity index (χ4n) is 2.42. The molecule has 0 saturated heterocycles. The van der Waals surface area contributed by atoms with Crippen LogP contribution < -0.4 is 14.4 Å². The van der Waals surface area contributed by atoms with E-state index < -0.39 is 15.6 Å². The van der Waals surface area contributed by atoms with Gasteiger partial charge in [-0.25, -0.2) is 8.42 Å². The van der Waals surface area contributed by atoms with Crippen LogP contribution in [0.2, 0.25) is 0 Å². The summed E-state index contributed by atoms with van der Waals surface area (Å²) in [4.78, 5) is 12.7. The molecule has 0 radical (unpaired) electrons. The molecule has 0 aliphatic rings. The zero-order valence-electron chi connectivity index (χ0n) is 16.1.